The van der Waals surface area contributed by atoms with Gasteiger partial charge in [-0.2, -0.15) is 0 Å². The Labute approximate surface area is 188 Å². The summed E-state index contributed by atoms with van der Waals surface area (Å²) in [6.07, 6.45) is 3.11. The van der Waals surface area contributed by atoms with Gasteiger partial charge < -0.3 is 22.9 Å². The highest BCUT2D eigenvalue weighted by molar-refractivity contribution is 5.54. The molecule has 0 fully saturated rings. The molecule has 5 rings (SSSR count). The summed E-state index contributed by atoms with van der Waals surface area (Å²) in [5.74, 6) is 0. The first kappa shape index (κ1) is 20.0. The van der Waals surface area contributed by atoms with Gasteiger partial charge in [0.25, 0.3) is 0 Å². The number of nitrogen functional groups attached to an aromatic ring is 4. The van der Waals surface area contributed by atoms with Gasteiger partial charge in [0.15, 0.2) is 0 Å². The summed E-state index contributed by atoms with van der Waals surface area (Å²) in [5.41, 5.74) is 37.6. The van der Waals surface area contributed by atoms with Crippen LogP contribution in [0.4, 0.5) is 22.7 Å². The number of hydrogen-bond acceptors (Lipinski definition) is 4. The molecule has 4 heteroatoms. The largest absolute Gasteiger partial charge is 0.399 e. The minimum absolute atomic E-state index is 0.775. The van der Waals surface area contributed by atoms with Crippen molar-refractivity contribution < 1.29 is 0 Å². The summed E-state index contributed by atoms with van der Waals surface area (Å²) in [5, 5.41) is 0. The maximum absolute atomic E-state index is 6.26. The standard InChI is InChI=1S/C28H28N4/c29-25-9-17-1-18(10-25)6-20-3-22(14-27(31)12-20)8-24-4-23(15-28(32)16-24)7-21-2-19(5-17)11-26(30)13-21/h1-4,9-16H,5-8,29-32H2. The second-order valence-electron chi connectivity index (χ2n) is 9.04. The Morgan fingerprint density at radius 2 is 0.438 bits per heavy atom. The van der Waals surface area contributed by atoms with Gasteiger partial charge in [0.2, 0.25) is 0 Å². The zero-order chi connectivity index (χ0) is 22.2. The normalized spacial score (nSPS) is 13.0. The molecule has 4 aromatic carbocycles. The van der Waals surface area contributed by atoms with Crippen LogP contribution in [0.3, 0.4) is 0 Å². The quantitative estimate of drug-likeness (QED) is 0.273. The van der Waals surface area contributed by atoms with Gasteiger partial charge >= 0.3 is 0 Å². The molecule has 0 unspecified atom stereocenters. The van der Waals surface area contributed by atoms with Crippen LogP contribution in [0.15, 0.2) is 72.8 Å². The lowest BCUT2D eigenvalue weighted by atomic mass is 9.93. The molecule has 160 valence electrons. The molecule has 0 spiro atoms. The molecule has 0 amide bonds. The maximum Gasteiger partial charge on any atom is 0.0319 e. The third-order valence-electron chi connectivity index (χ3n) is 5.93. The van der Waals surface area contributed by atoms with Crippen LogP contribution in [0.5, 0.6) is 0 Å². The molecule has 0 saturated heterocycles. The number of anilines is 4. The van der Waals surface area contributed by atoms with Crippen molar-refractivity contribution in [3.63, 3.8) is 0 Å². The number of hydrogen-bond donors (Lipinski definition) is 4. The fraction of sp³-hybridized carbons (Fsp3) is 0.143. The van der Waals surface area contributed by atoms with Gasteiger partial charge in [-0.3, -0.25) is 0 Å². The van der Waals surface area contributed by atoms with Gasteiger partial charge in [-0.1, -0.05) is 24.3 Å². The van der Waals surface area contributed by atoms with E-state index in [1.54, 1.807) is 0 Å². The summed E-state index contributed by atoms with van der Waals surface area (Å²) in [6, 6.07) is 25.3. The van der Waals surface area contributed by atoms with Gasteiger partial charge in [0.05, 0.1) is 0 Å². The zero-order valence-corrected chi connectivity index (χ0v) is 18.1. The number of nitrogens with two attached hydrogens (primary N) is 4. The Kier molecular flexibility index (Phi) is 4.98. The second kappa shape index (κ2) is 7.97. The summed E-state index contributed by atoms with van der Waals surface area (Å²) in [4.78, 5) is 0. The molecule has 0 aromatic heterocycles. The molecule has 4 aromatic rings. The van der Waals surface area contributed by atoms with E-state index in [9.17, 15) is 0 Å². The summed E-state index contributed by atoms with van der Waals surface area (Å²) in [6.45, 7) is 0. The highest BCUT2D eigenvalue weighted by Crippen LogP contribution is 2.26. The van der Waals surface area contributed by atoms with Crippen LogP contribution < -0.4 is 22.9 Å². The van der Waals surface area contributed by atoms with Crippen LogP contribution in [0.2, 0.25) is 0 Å². The number of benzene rings is 4. The monoisotopic (exact) mass is 420 g/mol. The molecule has 32 heavy (non-hydrogen) atoms. The van der Waals surface area contributed by atoms with Crippen LogP contribution in [0.1, 0.15) is 44.5 Å². The molecule has 0 radical (unpaired) electrons. The van der Waals surface area contributed by atoms with Crippen molar-refractivity contribution >= 4 is 22.7 Å². The third-order valence-corrected chi connectivity index (χ3v) is 5.93. The van der Waals surface area contributed by atoms with Crippen molar-refractivity contribution in [3.05, 3.63) is 117 Å². The van der Waals surface area contributed by atoms with E-state index in [-0.39, 0.29) is 0 Å². The van der Waals surface area contributed by atoms with E-state index < -0.39 is 0 Å². The minimum Gasteiger partial charge on any atom is -0.399 e. The average Bonchev–Trinajstić information content (AvgIpc) is 2.65. The molecule has 1 aliphatic rings. The van der Waals surface area contributed by atoms with Crippen LogP contribution in [-0.4, -0.2) is 0 Å². The molecule has 4 nitrogen and oxygen atoms in total. The Morgan fingerprint density at radius 3 is 0.594 bits per heavy atom. The second-order valence-corrected chi connectivity index (χ2v) is 9.04. The molecule has 0 heterocycles. The fourth-order valence-corrected chi connectivity index (χ4v) is 4.92. The predicted octanol–water partition coefficient (Wildman–Crippen LogP) is 4.69. The lowest BCUT2D eigenvalue weighted by molar-refractivity contribution is 1.09. The lowest BCUT2D eigenvalue weighted by Crippen LogP contribution is -2.02. The van der Waals surface area contributed by atoms with E-state index in [4.69, 9.17) is 22.9 Å². The van der Waals surface area contributed by atoms with E-state index >= 15 is 0 Å². The van der Waals surface area contributed by atoms with Crippen molar-refractivity contribution in [2.75, 3.05) is 22.9 Å². The summed E-state index contributed by atoms with van der Waals surface area (Å²) < 4.78 is 0. The molecule has 0 atom stereocenters. The zero-order valence-electron chi connectivity index (χ0n) is 18.1. The maximum atomic E-state index is 6.26. The van der Waals surface area contributed by atoms with E-state index in [0.29, 0.717) is 0 Å². The van der Waals surface area contributed by atoms with Gasteiger partial charge in [0.1, 0.15) is 0 Å². The van der Waals surface area contributed by atoms with Crippen LogP contribution in [-0.2, 0) is 25.7 Å². The Balaban J connectivity index is 1.66. The van der Waals surface area contributed by atoms with Crippen LogP contribution >= 0.6 is 0 Å². The smallest absolute Gasteiger partial charge is 0.0319 e. The van der Waals surface area contributed by atoms with E-state index in [2.05, 4.69) is 24.3 Å². The van der Waals surface area contributed by atoms with Crippen molar-refractivity contribution in [3.8, 4) is 0 Å². The average molecular weight is 421 g/mol. The van der Waals surface area contributed by atoms with Gasteiger partial charge in [-0.25, -0.2) is 0 Å². The Morgan fingerprint density at radius 1 is 0.281 bits per heavy atom. The Bertz CT molecular complexity index is 1040. The predicted molar refractivity (Wildman–Crippen MR) is 135 cm³/mol. The van der Waals surface area contributed by atoms with E-state index in [1.165, 1.54) is 44.5 Å². The minimum atomic E-state index is 0.775. The van der Waals surface area contributed by atoms with Crippen molar-refractivity contribution in [1.29, 1.82) is 0 Å². The molecule has 1 aliphatic carbocycles. The fourth-order valence-electron chi connectivity index (χ4n) is 4.92. The molecular formula is C28H28N4. The van der Waals surface area contributed by atoms with E-state index in [0.717, 1.165) is 48.4 Å². The lowest BCUT2D eigenvalue weighted by Gasteiger charge is -2.14. The van der Waals surface area contributed by atoms with Crippen molar-refractivity contribution in [1.82, 2.24) is 0 Å². The highest BCUT2D eigenvalue weighted by atomic mass is 14.6. The SMILES string of the molecule is Nc1cc2cc(c1)Cc1cc(N)cc(c1)Cc1cc(N)cc(c1)Cc1cc(N)cc(c1)C2. The first-order valence-electron chi connectivity index (χ1n) is 10.9. The molecule has 0 aliphatic heterocycles. The summed E-state index contributed by atoms with van der Waals surface area (Å²) in [7, 11) is 0. The van der Waals surface area contributed by atoms with Gasteiger partial charge in [-0.05, 0) is 119 Å². The first-order valence-corrected chi connectivity index (χ1v) is 10.9. The third kappa shape index (κ3) is 4.54. The Hall–Kier alpha value is -3.92. The number of fused-ring (bicyclic) bond motifs is 8. The first-order chi connectivity index (χ1) is 15.4. The van der Waals surface area contributed by atoms with Gasteiger partial charge in [-0.15, -0.1) is 0 Å². The van der Waals surface area contributed by atoms with Gasteiger partial charge in [0, 0.05) is 22.7 Å². The summed E-state index contributed by atoms with van der Waals surface area (Å²) >= 11 is 0. The molecular weight excluding hydrogens is 392 g/mol. The topological polar surface area (TPSA) is 104 Å². The van der Waals surface area contributed by atoms with E-state index in [1.807, 2.05) is 48.5 Å². The van der Waals surface area contributed by atoms with Crippen molar-refractivity contribution in [2.45, 2.75) is 25.7 Å². The van der Waals surface area contributed by atoms with Crippen molar-refractivity contribution in [2.24, 2.45) is 0 Å². The van der Waals surface area contributed by atoms with Crippen LogP contribution in [0, 0.1) is 0 Å². The molecule has 8 bridgehead atoms. The molecule has 8 N–H and O–H groups in total. The number of rotatable bonds is 0. The highest BCUT2D eigenvalue weighted by Gasteiger charge is 2.09. The molecule has 0 saturated carbocycles. The van der Waals surface area contributed by atoms with Crippen LogP contribution in [0.25, 0.3) is 0 Å².